The Morgan fingerprint density at radius 1 is 1.37 bits per heavy atom. The molecule has 1 saturated heterocycles. The van der Waals surface area contributed by atoms with Crippen molar-refractivity contribution in [3.8, 4) is 5.75 Å². The highest BCUT2D eigenvalue weighted by Gasteiger charge is 2.26. The molecule has 6 heteroatoms. The van der Waals surface area contributed by atoms with Crippen LogP contribution in [0, 0.1) is 0 Å². The maximum absolute atomic E-state index is 12.0. The van der Waals surface area contributed by atoms with Gasteiger partial charge in [0.1, 0.15) is 5.75 Å². The number of methoxy groups -OCH3 is 1. The van der Waals surface area contributed by atoms with Gasteiger partial charge in [-0.05, 0) is 32.3 Å². The Hall–Kier alpha value is -2.24. The summed E-state index contributed by atoms with van der Waals surface area (Å²) in [7, 11) is 3.73. The molecular formula is C21H34N4O2. The first-order valence-electron chi connectivity index (χ1n) is 10.0. The SMILES string of the molecule is CCNC(=NCCC(CC)N1CCCC1=O)N(C)Cc1ccccc1OC. The van der Waals surface area contributed by atoms with Gasteiger partial charge in [0.15, 0.2) is 5.96 Å². The molecule has 1 aromatic rings. The normalized spacial score (nSPS) is 15.8. The molecule has 1 N–H and O–H groups in total. The summed E-state index contributed by atoms with van der Waals surface area (Å²) in [6.07, 6.45) is 3.57. The number of nitrogens with one attached hydrogen (secondary N) is 1. The fourth-order valence-electron chi connectivity index (χ4n) is 3.59. The molecule has 0 aromatic heterocycles. The van der Waals surface area contributed by atoms with Crippen LogP contribution in [0.25, 0.3) is 0 Å². The number of likely N-dealkylation sites (tertiary alicyclic amines) is 1. The van der Waals surface area contributed by atoms with Crippen LogP contribution in [-0.4, -0.2) is 61.5 Å². The van der Waals surface area contributed by atoms with Gasteiger partial charge < -0.3 is 19.9 Å². The van der Waals surface area contributed by atoms with E-state index in [0.717, 1.165) is 56.2 Å². The number of rotatable bonds is 9. The Kier molecular flexibility index (Phi) is 8.43. The van der Waals surface area contributed by atoms with Gasteiger partial charge in [-0.2, -0.15) is 0 Å². The summed E-state index contributed by atoms with van der Waals surface area (Å²) < 4.78 is 5.46. The molecule has 1 aliphatic rings. The van der Waals surface area contributed by atoms with Crippen LogP contribution in [0.3, 0.4) is 0 Å². The van der Waals surface area contributed by atoms with E-state index in [0.29, 0.717) is 24.9 Å². The van der Waals surface area contributed by atoms with E-state index in [4.69, 9.17) is 9.73 Å². The summed E-state index contributed by atoms with van der Waals surface area (Å²) in [5.74, 6) is 2.07. The second-order valence-electron chi connectivity index (χ2n) is 6.94. The lowest BCUT2D eigenvalue weighted by molar-refractivity contribution is -0.129. The third kappa shape index (κ3) is 5.88. The van der Waals surface area contributed by atoms with Gasteiger partial charge in [-0.25, -0.2) is 0 Å². The number of carbonyl (C=O) groups is 1. The third-order valence-electron chi connectivity index (χ3n) is 5.04. The first-order chi connectivity index (χ1) is 13.1. The van der Waals surface area contributed by atoms with Gasteiger partial charge in [0.25, 0.3) is 0 Å². The van der Waals surface area contributed by atoms with Crippen molar-refractivity contribution in [1.29, 1.82) is 0 Å². The van der Waals surface area contributed by atoms with Crippen LogP contribution in [0.4, 0.5) is 0 Å². The molecule has 1 aliphatic heterocycles. The fraction of sp³-hybridized carbons (Fsp3) is 0.619. The van der Waals surface area contributed by atoms with E-state index in [1.807, 2.05) is 30.1 Å². The number of benzene rings is 1. The molecule has 1 unspecified atom stereocenters. The summed E-state index contributed by atoms with van der Waals surface area (Å²) in [6.45, 7) is 7.37. The third-order valence-corrected chi connectivity index (χ3v) is 5.04. The second kappa shape index (κ2) is 10.8. The highest BCUT2D eigenvalue weighted by molar-refractivity contribution is 5.80. The van der Waals surface area contributed by atoms with Gasteiger partial charge in [-0.3, -0.25) is 9.79 Å². The Bertz CT molecular complexity index is 632. The van der Waals surface area contributed by atoms with Crippen molar-refractivity contribution in [3.05, 3.63) is 29.8 Å². The Morgan fingerprint density at radius 2 is 2.15 bits per heavy atom. The van der Waals surface area contributed by atoms with Gasteiger partial charge in [0.2, 0.25) is 5.91 Å². The van der Waals surface area contributed by atoms with E-state index in [1.165, 1.54) is 0 Å². The van der Waals surface area contributed by atoms with Crippen molar-refractivity contribution in [1.82, 2.24) is 15.1 Å². The molecule has 0 saturated carbocycles. The van der Waals surface area contributed by atoms with Gasteiger partial charge in [-0.1, -0.05) is 25.1 Å². The number of hydrogen-bond donors (Lipinski definition) is 1. The molecule has 150 valence electrons. The zero-order valence-corrected chi connectivity index (χ0v) is 17.2. The smallest absolute Gasteiger partial charge is 0.222 e. The van der Waals surface area contributed by atoms with Crippen molar-refractivity contribution >= 4 is 11.9 Å². The maximum atomic E-state index is 12.0. The molecule has 1 heterocycles. The quantitative estimate of drug-likeness (QED) is 0.533. The number of amides is 1. The monoisotopic (exact) mass is 374 g/mol. The molecule has 1 atom stereocenters. The van der Waals surface area contributed by atoms with Crippen molar-refractivity contribution < 1.29 is 9.53 Å². The first kappa shape index (κ1) is 21.1. The molecule has 27 heavy (non-hydrogen) atoms. The van der Waals surface area contributed by atoms with Crippen LogP contribution in [-0.2, 0) is 11.3 Å². The number of ether oxygens (including phenoxy) is 1. The van der Waals surface area contributed by atoms with Gasteiger partial charge in [0.05, 0.1) is 7.11 Å². The lowest BCUT2D eigenvalue weighted by Gasteiger charge is -2.27. The average molecular weight is 375 g/mol. The zero-order valence-electron chi connectivity index (χ0n) is 17.2. The van der Waals surface area contributed by atoms with Crippen molar-refractivity contribution in [2.45, 2.75) is 52.1 Å². The minimum absolute atomic E-state index is 0.297. The Labute approximate surface area is 163 Å². The first-order valence-corrected chi connectivity index (χ1v) is 10.0. The molecule has 0 aliphatic carbocycles. The van der Waals surface area contributed by atoms with Gasteiger partial charge in [0, 0.05) is 51.3 Å². The number of nitrogens with zero attached hydrogens (tertiary/aromatic N) is 3. The number of hydrogen-bond acceptors (Lipinski definition) is 3. The van der Waals surface area contributed by atoms with Crippen LogP contribution in [0.5, 0.6) is 5.75 Å². The number of guanidine groups is 1. The highest BCUT2D eigenvalue weighted by atomic mass is 16.5. The molecule has 0 spiro atoms. The predicted octanol–water partition coefficient (Wildman–Crippen LogP) is 2.88. The predicted molar refractivity (Wildman–Crippen MR) is 110 cm³/mol. The van der Waals surface area contributed by atoms with Crippen LogP contribution < -0.4 is 10.1 Å². The van der Waals surface area contributed by atoms with E-state index in [2.05, 4.69) is 30.1 Å². The maximum Gasteiger partial charge on any atom is 0.222 e. The lowest BCUT2D eigenvalue weighted by Crippen LogP contribution is -2.39. The minimum atomic E-state index is 0.297. The second-order valence-corrected chi connectivity index (χ2v) is 6.94. The van der Waals surface area contributed by atoms with Crippen molar-refractivity contribution in [2.75, 3.05) is 33.8 Å². The van der Waals surface area contributed by atoms with Gasteiger partial charge >= 0.3 is 0 Å². The Morgan fingerprint density at radius 3 is 2.78 bits per heavy atom. The van der Waals surface area contributed by atoms with Crippen molar-refractivity contribution in [2.24, 2.45) is 4.99 Å². The lowest BCUT2D eigenvalue weighted by atomic mass is 10.1. The summed E-state index contributed by atoms with van der Waals surface area (Å²) in [5.41, 5.74) is 1.13. The van der Waals surface area contributed by atoms with Crippen molar-refractivity contribution in [3.63, 3.8) is 0 Å². The Balaban J connectivity index is 1.98. The van der Waals surface area contributed by atoms with Crippen LogP contribution >= 0.6 is 0 Å². The van der Waals surface area contributed by atoms with E-state index in [9.17, 15) is 4.79 Å². The molecule has 1 aromatic carbocycles. The van der Waals surface area contributed by atoms with E-state index < -0.39 is 0 Å². The summed E-state index contributed by atoms with van der Waals surface area (Å²) in [5, 5.41) is 3.36. The van der Waals surface area contributed by atoms with E-state index >= 15 is 0 Å². The zero-order chi connectivity index (χ0) is 19.6. The highest BCUT2D eigenvalue weighted by Crippen LogP contribution is 2.19. The minimum Gasteiger partial charge on any atom is -0.496 e. The number of para-hydroxylation sites is 1. The molecule has 1 amide bonds. The largest absolute Gasteiger partial charge is 0.496 e. The molecule has 0 radical (unpaired) electrons. The number of carbonyl (C=O) groups excluding carboxylic acids is 1. The van der Waals surface area contributed by atoms with Crippen LogP contribution in [0.2, 0.25) is 0 Å². The molecule has 0 bridgehead atoms. The standard InChI is InChI=1S/C21H34N4O2/c1-5-18(25-15-9-12-20(25)26)13-14-23-21(22-6-2)24(3)16-17-10-7-8-11-19(17)27-4/h7-8,10-11,18H,5-6,9,12-16H2,1-4H3,(H,22,23). The molecule has 1 fully saturated rings. The number of aliphatic imine (C=N–C) groups is 1. The molecule has 6 nitrogen and oxygen atoms in total. The topological polar surface area (TPSA) is 57.2 Å². The average Bonchev–Trinajstić information content (AvgIpc) is 3.10. The van der Waals surface area contributed by atoms with E-state index in [-0.39, 0.29) is 0 Å². The summed E-state index contributed by atoms with van der Waals surface area (Å²) >= 11 is 0. The van der Waals surface area contributed by atoms with Crippen LogP contribution in [0.15, 0.2) is 29.3 Å². The molecule has 2 rings (SSSR count). The summed E-state index contributed by atoms with van der Waals surface area (Å²) in [4.78, 5) is 21.0. The van der Waals surface area contributed by atoms with Crippen LogP contribution in [0.1, 0.15) is 45.1 Å². The van der Waals surface area contributed by atoms with E-state index in [1.54, 1.807) is 7.11 Å². The molecular weight excluding hydrogens is 340 g/mol. The fourth-order valence-corrected chi connectivity index (χ4v) is 3.59. The van der Waals surface area contributed by atoms with Gasteiger partial charge in [-0.15, -0.1) is 0 Å². The summed E-state index contributed by atoms with van der Waals surface area (Å²) in [6, 6.07) is 8.35.